The molecule has 8 heteroatoms. The number of nitrogens with zero attached hydrogens (tertiary/aromatic N) is 4. The molecule has 1 aromatic heterocycles. The molecule has 16 heavy (non-hydrogen) atoms. The average molecular weight is 226 g/mol. The SMILES string of the molecule is O=C(Cn1ccc([N+](=O)[O-])n1)N1CC(O)C1. The fraction of sp³-hybridized carbons (Fsp3) is 0.500. The number of rotatable bonds is 3. The smallest absolute Gasteiger partial charge is 0.389 e. The zero-order chi connectivity index (χ0) is 11.7. The van der Waals surface area contributed by atoms with Gasteiger partial charge in [-0.3, -0.25) is 4.79 Å². The molecule has 2 heterocycles. The van der Waals surface area contributed by atoms with Crippen LogP contribution in [0.5, 0.6) is 0 Å². The van der Waals surface area contributed by atoms with Crippen LogP contribution in [0.1, 0.15) is 0 Å². The van der Waals surface area contributed by atoms with Crippen molar-refractivity contribution in [2.75, 3.05) is 13.1 Å². The van der Waals surface area contributed by atoms with Crippen molar-refractivity contribution in [3.8, 4) is 0 Å². The third kappa shape index (κ3) is 2.01. The Kier molecular flexibility index (Phi) is 2.57. The zero-order valence-electron chi connectivity index (χ0n) is 8.31. The van der Waals surface area contributed by atoms with Gasteiger partial charge in [0.1, 0.15) is 6.54 Å². The molecule has 1 N–H and O–H groups in total. The van der Waals surface area contributed by atoms with Crippen LogP contribution >= 0.6 is 0 Å². The third-order valence-electron chi connectivity index (χ3n) is 2.33. The highest BCUT2D eigenvalue weighted by Crippen LogP contribution is 2.09. The van der Waals surface area contributed by atoms with Crippen LogP contribution in [-0.4, -0.2) is 49.8 Å². The fourth-order valence-electron chi connectivity index (χ4n) is 1.43. The maximum atomic E-state index is 11.5. The van der Waals surface area contributed by atoms with Crippen LogP contribution in [0.25, 0.3) is 0 Å². The molecule has 8 nitrogen and oxygen atoms in total. The highest BCUT2D eigenvalue weighted by atomic mass is 16.6. The Hall–Kier alpha value is -1.96. The van der Waals surface area contributed by atoms with Crippen molar-refractivity contribution in [1.82, 2.24) is 14.7 Å². The lowest BCUT2D eigenvalue weighted by atomic mass is 10.2. The minimum atomic E-state index is -0.617. The summed E-state index contributed by atoms with van der Waals surface area (Å²) < 4.78 is 1.21. The average Bonchev–Trinajstić information content (AvgIpc) is 2.61. The van der Waals surface area contributed by atoms with Crippen LogP contribution in [0, 0.1) is 10.1 Å². The summed E-state index contributed by atoms with van der Waals surface area (Å²) in [5, 5.41) is 23.0. The van der Waals surface area contributed by atoms with Gasteiger partial charge in [0.05, 0.1) is 23.5 Å². The van der Waals surface area contributed by atoms with E-state index in [0.717, 1.165) is 0 Å². The van der Waals surface area contributed by atoms with Crippen LogP contribution < -0.4 is 0 Å². The van der Waals surface area contributed by atoms with E-state index in [9.17, 15) is 14.9 Å². The summed E-state index contributed by atoms with van der Waals surface area (Å²) in [6.07, 6.45) is 0.933. The Morgan fingerprint density at radius 3 is 2.88 bits per heavy atom. The molecule has 1 aliphatic heterocycles. The quantitative estimate of drug-likeness (QED) is 0.525. The molecule has 1 aromatic rings. The van der Waals surface area contributed by atoms with Gasteiger partial charge in [0.15, 0.2) is 0 Å². The third-order valence-corrected chi connectivity index (χ3v) is 2.33. The molecule has 1 amide bonds. The maximum absolute atomic E-state index is 11.5. The number of hydrogen-bond acceptors (Lipinski definition) is 5. The van der Waals surface area contributed by atoms with Crippen molar-refractivity contribution in [2.45, 2.75) is 12.6 Å². The molecule has 1 fully saturated rings. The number of amides is 1. The Labute approximate surface area is 90.2 Å². The van der Waals surface area contributed by atoms with E-state index in [1.807, 2.05) is 0 Å². The maximum Gasteiger partial charge on any atom is 0.389 e. The number of aliphatic hydroxyl groups excluding tert-OH is 1. The van der Waals surface area contributed by atoms with Crippen molar-refractivity contribution >= 4 is 11.7 Å². The van der Waals surface area contributed by atoms with Crippen molar-refractivity contribution in [1.29, 1.82) is 0 Å². The van der Waals surface area contributed by atoms with Gasteiger partial charge in [-0.25, -0.2) is 0 Å². The number of carbonyl (C=O) groups is 1. The summed E-state index contributed by atoms with van der Waals surface area (Å²) in [5.74, 6) is -0.486. The normalized spacial score (nSPS) is 15.9. The fourth-order valence-corrected chi connectivity index (χ4v) is 1.43. The summed E-state index contributed by atoms with van der Waals surface area (Å²) in [4.78, 5) is 22.7. The Balaban J connectivity index is 1.93. The molecule has 0 spiro atoms. The number of β-amino-alcohol motifs (C(OH)–C–C–N with tert-alkyl or cyclic N) is 1. The van der Waals surface area contributed by atoms with Gasteiger partial charge in [-0.15, -0.1) is 0 Å². The van der Waals surface area contributed by atoms with E-state index >= 15 is 0 Å². The topological polar surface area (TPSA) is 102 Å². The lowest BCUT2D eigenvalue weighted by Crippen LogP contribution is -2.54. The van der Waals surface area contributed by atoms with E-state index in [1.54, 1.807) is 0 Å². The van der Waals surface area contributed by atoms with E-state index in [2.05, 4.69) is 5.10 Å². The predicted octanol–water partition coefficient (Wildman–Crippen LogP) is -1.01. The molecule has 0 radical (unpaired) electrons. The molecule has 2 rings (SSSR count). The van der Waals surface area contributed by atoms with Gasteiger partial charge >= 0.3 is 5.82 Å². The Morgan fingerprint density at radius 2 is 2.38 bits per heavy atom. The Bertz CT molecular complexity index is 423. The van der Waals surface area contributed by atoms with E-state index in [0.29, 0.717) is 13.1 Å². The lowest BCUT2D eigenvalue weighted by Gasteiger charge is -2.35. The van der Waals surface area contributed by atoms with Crippen molar-refractivity contribution in [3.63, 3.8) is 0 Å². The minimum Gasteiger partial charge on any atom is -0.389 e. The van der Waals surface area contributed by atoms with Gasteiger partial charge in [-0.2, -0.15) is 4.68 Å². The van der Waals surface area contributed by atoms with Crippen LogP contribution in [0.15, 0.2) is 12.3 Å². The van der Waals surface area contributed by atoms with Crippen LogP contribution in [0.4, 0.5) is 5.82 Å². The Morgan fingerprint density at radius 1 is 1.69 bits per heavy atom. The summed E-state index contributed by atoms with van der Waals surface area (Å²) in [7, 11) is 0. The highest BCUT2D eigenvalue weighted by Gasteiger charge is 2.29. The first-order valence-corrected chi connectivity index (χ1v) is 4.70. The largest absolute Gasteiger partial charge is 0.389 e. The van der Waals surface area contributed by atoms with E-state index in [4.69, 9.17) is 5.11 Å². The van der Waals surface area contributed by atoms with Gasteiger partial charge in [0.25, 0.3) is 0 Å². The van der Waals surface area contributed by atoms with Crippen LogP contribution in [0.2, 0.25) is 0 Å². The molecule has 1 aliphatic rings. The molecular formula is C8H10N4O4. The molecule has 1 saturated heterocycles. The summed E-state index contributed by atoms with van der Waals surface area (Å²) in [5.41, 5.74) is 0. The molecule has 0 unspecified atom stereocenters. The monoisotopic (exact) mass is 226 g/mol. The van der Waals surface area contributed by atoms with Crippen molar-refractivity contribution in [3.05, 3.63) is 22.4 Å². The number of nitro groups is 1. The van der Waals surface area contributed by atoms with Crippen molar-refractivity contribution in [2.24, 2.45) is 0 Å². The standard InChI is InChI=1S/C8H10N4O4/c13-6-3-10(4-6)8(14)5-11-2-1-7(9-11)12(15)16/h1-2,6,13H,3-5H2. The second-order valence-corrected chi connectivity index (χ2v) is 3.58. The number of likely N-dealkylation sites (tertiary alicyclic amines) is 1. The van der Waals surface area contributed by atoms with E-state index in [-0.39, 0.29) is 18.3 Å². The van der Waals surface area contributed by atoms with Gasteiger partial charge in [-0.05, 0) is 4.92 Å². The summed E-state index contributed by atoms with van der Waals surface area (Å²) in [6.45, 7) is 0.602. The van der Waals surface area contributed by atoms with E-state index in [1.165, 1.54) is 21.8 Å². The second kappa shape index (κ2) is 3.89. The number of hydrogen-bond donors (Lipinski definition) is 1. The molecule has 0 aliphatic carbocycles. The van der Waals surface area contributed by atoms with Crippen LogP contribution in [0.3, 0.4) is 0 Å². The number of carbonyl (C=O) groups excluding carboxylic acids is 1. The van der Waals surface area contributed by atoms with Gasteiger partial charge in [0.2, 0.25) is 5.91 Å². The first-order valence-electron chi connectivity index (χ1n) is 4.70. The molecular weight excluding hydrogens is 216 g/mol. The van der Waals surface area contributed by atoms with Gasteiger partial charge in [-0.1, -0.05) is 0 Å². The highest BCUT2D eigenvalue weighted by molar-refractivity contribution is 5.76. The molecule has 0 saturated carbocycles. The first-order chi connectivity index (χ1) is 7.56. The molecule has 86 valence electrons. The van der Waals surface area contributed by atoms with E-state index < -0.39 is 11.0 Å². The predicted molar refractivity (Wildman–Crippen MR) is 51.5 cm³/mol. The summed E-state index contributed by atoms with van der Waals surface area (Å²) >= 11 is 0. The van der Waals surface area contributed by atoms with Gasteiger partial charge in [0, 0.05) is 13.1 Å². The van der Waals surface area contributed by atoms with Crippen LogP contribution in [-0.2, 0) is 11.3 Å². The number of aromatic nitrogens is 2. The lowest BCUT2D eigenvalue weighted by molar-refractivity contribution is -0.389. The summed E-state index contributed by atoms with van der Waals surface area (Å²) in [6, 6.07) is 1.23. The second-order valence-electron chi connectivity index (χ2n) is 3.58. The van der Waals surface area contributed by atoms with Crippen molar-refractivity contribution < 1.29 is 14.8 Å². The molecule has 0 bridgehead atoms. The van der Waals surface area contributed by atoms with Gasteiger partial charge < -0.3 is 20.1 Å². The molecule has 0 atom stereocenters. The molecule has 0 aromatic carbocycles. The minimum absolute atomic E-state index is 0.0411. The zero-order valence-corrected chi connectivity index (χ0v) is 8.31. The first kappa shape index (κ1) is 10.6. The number of aliphatic hydroxyl groups is 1.